The van der Waals surface area contributed by atoms with Crippen LogP contribution in [0.4, 0.5) is 0 Å². The number of aliphatic imine (C=N–C) groups is 1. The Morgan fingerprint density at radius 1 is 1.30 bits per heavy atom. The Bertz CT molecular complexity index is 990. The van der Waals surface area contributed by atoms with Gasteiger partial charge >= 0.3 is 5.97 Å². The lowest BCUT2D eigenvalue weighted by Gasteiger charge is -2.15. The predicted octanol–water partition coefficient (Wildman–Crippen LogP) is -0.868. The number of nitrogens with two attached hydrogens (primary N) is 2. The average molecular weight is 485 g/mol. The van der Waals surface area contributed by atoms with Gasteiger partial charge in [-0.25, -0.2) is 8.42 Å². The number of carbonyl (C=O) groups is 2. The Morgan fingerprint density at radius 2 is 2.00 bits per heavy atom. The number of unbranched alkanes of at least 4 members (excludes halogenated alkanes) is 1. The molecule has 14 heteroatoms. The van der Waals surface area contributed by atoms with Gasteiger partial charge in [-0.15, -0.1) is 0 Å². The van der Waals surface area contributed by atoms with Crippen LogP contribution in [0.3, 0.4) is 0 Å². The number of carbonyl (C=O) groups excluding carboxylic acids is 1. The molecule has 0 radical (unpaired) electrons. The van der Waals surface area contributed by atoms with Crippen LogP contribution in [0.2, 0.25) is 0 Å². The summed E-state index contributed by atoms with van der Waals surface area (Å²) in [5, 5.41) is 15.5. The molecule has 0 bridgehead atoms. The van der Waals surface area contributed by atoms with E-state index in [2.05, 4.69) is 20.2 Å². The Morgan fingerprint density at radius 3 is 2.61 bits per heavy atom. The summed E-state index contributed by atoms with van der Waals surface area (Å²) in [6.45, 7) is 0.0119. The third-order valence-corrected chi connectivity index (χ3v) is 6.14. The number of sulfonamides is 1. The zero-order valence-corrected chi connectivity index (χ0v) is 18.9. The lowest BCUT2D eigenvalue weighted by atomic mass is 10.1. The van der Waals surface area contributed by atoms with Gasteiger partial charge in [0, 0.05) is 19.5 Å². The molecular formula is C19H28N6O7S. The molecule has 1 aliphatic heterocycles. The van der Waals surface area contributed by atoms with Crippen molar-refractivity contribution in [2.45, 2.75) is 42.7 Å². The number of carboxylic acids is 1. The minimum absolute atomic E-state index is 0.0281. The Balaban J connectivity index is 1.84. The van der Waals surface area contributed by atoms with Crippen LogP contribution in [0.25, 0.3) is 0 Å². The van der Waals surface area contributed by atoms with Crippen molar-refractivity contribution in [1.29, 1.82) is 0 Å². The van der Waals surface area contributed by atoms with Crippen molar-refractivity contribution in [1.82, 2.24) is 10.0 Å². The SMILES string of the molecule is COc1ccc(S(=O)(=O)N[C@@H](CNC(=O)C2=NOC(CCCCN=C(N)N)C2)C(=O)O)cc1. The van der Waals surface area contributed by atoms with E-state index < -0.39 is 34.5 Å². The first-order valence-corrected chi connectivity index (χ1v) is 11.6. The quantitative estimate of drug-likeness (QED) is 0.134. The van der Waals surface area contributed by atoms with Crippen LogP contribution >= 0.6 is 0 Å². The van der Waals surface area contributed by atoms with Crippen molar-refractivity contribution < 1.29 is 32.7 Å². The minimum atomic E-state index is -4.14. The molecule has 0 aromatic heterocycles. The molecule has 0 saturated heterocycles. The predicted molar refractivity (Wildman–Crippen MR) is 119 cm³/mol. The second-order valence-electron chi connectivity index (χ2n) is 7.17. The molecule has 0 aliphatic carbocycles. The molecular weight excluding hydrogens is 456 g/mol. The molecule has 1 unspecified atom stereocenters. The standard InChI is InChI=1S/C19H28N6O7S/c1-31-12-5-7-14(8-6-12)33(29,30)25-16(18(27)28)11-23-17(26)15-10-13(32-24-15)4-2-3-9-22-19(20)21/h5-8,13,16,25H,2-4,9-11H2,1H3,(H,23,26)(H,27,28)(H4,20,21,22)/t13?,16-/m0/s1. The molecule has 0 saturated carbocycles. The van der Waals surface area contributed by atoms with Gasteiger partial charge in [0.2, 0.25) is 10.0 Å². The van der Waals surface area contributed by atoms with Crippen molar-refractivity contribution in [2.75, 3.05) is 20.2 Å². The first-order valence-electron chi connectivity index (χ1n) is 10.1. The summed E-state index contributed by atoms with van der Waals surface area (Å²) in [6.07, 6.45) is 2.12. The van der Waals surface area contributed by atoms with Gasteiger partial charge < -0.3 is 31.5 Å². The van der Waals surface area contributed by atoms with Crippen molar-refractivity contribution in [3.63, 3.8) is 0 Å². The van der Waals surface area contributed by atoms with E-state index in [1.165, 1.54) is 31.4 Å². The number of aliphatic carboxylic acids is 1. The molecule has 13 nitrogen and oxygen atoms in total. The van der Waals surface area contributed by atoms with Crippen LogP contribution in [-0.2, 0) is 24.4 Å². The monoisotopic (exact) mass is 484 g/mol. The maximum atomic E-state index is 12.5. The molecule has 1 heterocycles. The zero-order chi connectivity index (χ0) is 24.4. The minimum Gasteiger partial charge on any atom is -0.497 e. The number of amides is 1. The highest BCUT2D eigenvalue weighted by Gasteiger charge is 2.29. The van der Waals surface area contributed by atoms with Gasteiger partial charge in [-0.3, -0.25) is 14.6 Å². The number of nitrogens with zero attached hydrogens (tertiary/aromatic N) is 2. The van der Waals surface area contributed by atoms with Crippen LogP contribution in [0, 0.1) is 0 Å². The molecule has 1 amide bonds. The number of nitrogens with one attached hydrogen (secondary N) is 2. The first-order chi connectivity index (χ1) is 15.6. The molecule has 2 atom stereocenters. The van der Waals surface area contributed by atoms with Gasteiger partial charge in [0.25, 0.3) is 5.91 Å². The molecule has 1 aliphatic rings. The van der Waals surface area contributed by atoms with E-state index in [-0.39, 0.29) is 29.1 Å². The fraction of sp³-hybridized carbons (Fsp3) is 0.474. The van der Waals surface area contributed by atoms with Gasteiger partial charge in [-0.05, 0) is 43.5 Å². The summed E-state index contributed by atoms with van der Waals surface area (Å²) in [7, 11) is -2.71. The van der Waals surface area contributed by atoms with Crippen LogP contribution in [0.15, 0.2) is 39.3 Å². The number of methoxy groups -OCH3 is 1. The molecule has 2 rings (SSSR count). The Hall–Kier alpha value is -3.39. The highest BCUT2D eigenvalue weighted by atomic mass is 32.2. The zero-order valence-electron chi connectivity index (χ0n) is 18.1. The van der Waals surface area contributed by atoms with E-state index in [1.807, 2.05) is 0 Å². The number of ether oxygens (including phenoxy) is 1. The molecule has 1 aromatic rings. The number of guanidine groups is 1. The average Bonchev–Trinajstić information content (AvgIpc) is 3.25. The van der Waals surface area contributed by atoms with Crippen LogP contribution in [0.5, 0.6) is 5.75 Å². The third-order valence-electron chi connectivity index (χ3n) is 4.66. The number of hydrogen-bond acceptors (Lipinski definition) is 8. The second kappa shape index (κ2) is 12.0. The summed E-state index contributed by atoms with van der Waals surface area (Å²) in [6, 6.07) is 3.83. The number of carboxylic acid groups (broad SMARTS) is 1. The molecule has 0 spiro atoms. The van der Waals surface area contributed by atoms with Crippen molar-refractivity contribution in [3.05, 3.63) is 24.3 Å². The summed E-state index contributed by atoms with van der Waals surface area (Å²) in [4.78, 5) is 32.8. The number of benzene rings is 1. The van der Waals surface area contributed by atoms with Gasteiger partial charge in [0.1, 0.15) is 23.6 Å². The lowest BCUT2D eigenvalue weighted by Crippen LogP contribution is -2.49. The third kappa shape index (κ3) is 8.23. The van der Waals surface area contributed by atoms with Crippen LogP contribution in [0.1, 0.15) is 25.7 Å². The molecule has 0 fully saturated rings. The molecule has 7 N–H and O–H groups in total. The molecule has 33 heavy (non-hydrogen) atoms. The van der Waals surface area contributed by atoms with Crippen LogP contribution in [-0.4, -0.2) is 69.4 Å². The summed E-state index contributed by atoms with van der Waals surface area (Å²) < 4.78 is 32.0. The summed E-state index contributed by atoms with van der Waals surface area (Å²) in [5.41, 5.74) is 10.6. The van der Waals surface area contributed by atoms with Gasteiger partial charge in [0.05, 0.1) is 12.0 Å². The van der Waals surface area contributed by atoms with E-state index in [1.54, 1.807) is 0 Å². The maximum Gasteiger partial charge on any atom is 0.323 e. The van der Waals surface area contributed by atoms with E-state index >= 15 is 0 Å². The van der Waals surface area contributed by atoms with Crippen molar-refractivity contribution in [2.24, 2.45) is 21.6 Å². The number of oxime groups is 1. The molecule has 1 aromatic carbocycles. The second-order valence-corrected chi connectivity index (χ2v) is 8.88. The van der Waals surface area contributed by atoms with Gasteiger partial charge in [-0.1, -0.05) is 5.16 Å². The highest BCUT2D eigenvalue weighted by molar-refractivity contribution is 7.89. The van der Waals surface area contributed by atoms with Crippen LogP contribution < -0.4 is 26.2 Å². The van der Waals surface area contributed by atoms with Gasteiger partial charge in [0.15, 0.2) is 5.96 Å². The normalized spacial score (nSPS) is 16.3. The fourth-order valence-electron chi connectivity index (χ4n) is 2.90. The largest absolute Gasteiger partial charge is 0.497 e. The number of hydrogen-bond donors (Lipinski definition) is 5. The van der Waals surface area contributed by atoms with Gasteiger partial charge in [-0.2, -0.15) is 4.72 Å². The van der Waals surface area contributed by atoms with E-state index in [9.17, 15) is 23.1 Å². The first kappa shape index (κ1) is 25.9. The Labute approximate surface area is 191 Å². The van der Waals surface area contributed by atoms with E-state index in [0.717, 1.165) is 12.8 Å². The van der Waals surface area contributed by atoms with E-state index in [0.29, 0.717) is 18.7 Å². The van der Waals surface area contributed by atoms with E-state index in [4.69, 9.17) is 21.0 Å². The Kier molecular flexibility index (Phi) is 9.42. The lowest BCUT2D eigenvalue weighted by molar-refractivity contribution is -0.138. The smallest absolute Gasteiger partial charge is 0.323 e. The number of rotatable bonds is 13. The summed E-state index contributed by atoms with van der Waals surface area (Å²) >= 11 is 0. The van der Waals surface area contributed by atoms with Crippen molar-refractivity contribution in [3.8, 4) is 5.75 Å². The summed E-state index contributed by atoms with van der Waals surface area (Å²) in [5.74, 6) is -1.61. The molecule has 182 valence electrons. The van der Waals surface area contributed by atoms with Crippen molar-refractivity contribution >= 4 is 33.6 Å². The maximum absolute atomic E-state index is 12.5. The highest BCUT2D eigenvalue weighted by Crippen LogP contribution is 2.17. The topological polar surface area (TPSA) is 208 Å². The fourth-order valence-corrected chi connectivity index (χ4v) is 4.08.